The summed E-state index contributed by atoms with van der Waals surface area (Å²) in [5.74, 6) is 0. The molecule has 20 heavy (non-hydrogen) atoms. The number of benzene rings is 1. The van der Waals surface area contributed by atoms with Crippen molar-refractivity contribution in [1.82, 2.24) is 9.55 Å². The molecule has 1 aromatic heterocycles. The molecule has 7 heteroatoms. The van der Waals surface area contributed by atoms with Gasteiger partial charge in [-0.2, -0.15) is 0 Å². The van der Waals surface area contributed by atoms with Gasteiger partial charge in [-0.3, -0.25) is 0 Å². The average Bonchev–Trinajstić information content (AvgIpc) is 2.89. The minimum Gasteiger partial charge on any atom is -0.328 e. The Morgan fingerprint density at radius 3 is 2.60 bits per heavy atom. The molecule has 2 aromatic rings. The van der Waals surface area contributed by atoms with Crippen LogP contribution in [0, 0.1) is 10.1 Å². The second-order valence-electron chi connectivity index (χ2n) is 3.80. The second kappa shape index (κ2) is 8.71. The van der Waals surface area contributed by atoms with Gasteiger partial charge in [0.25, 0.3) is 5.09 Å². The molecule has 0 atom stereocenters. The number of nitrogens with zero attached hydrogens (tertiary/aromatic N) is 3. The Hall–Kier alpha value is -2.34. The summed E-state index contributed by atoms with van der Waals surface area (Å²) in [7, 11) is 0. The van der Waals surface area contributed by atoms with Crippen LogP contribution in [0.5, 0.6) is 0 Å². The third-order valence-electron chi connectivity index (χ3n) is 2.32. The van der Waals surface area contributed by atoms with E-state index in [-0.39, 0.29) is 0 Å². The smallest absolute Gasteiger partial charge is 0.291 e. The van der Waals surface area contributed by atoms with Crippen LogP contribution in [0.25, 0.3) is 6.20 Å². The Morgan fingerprint density at radius 1 is 1.40 bits per heavy atom. The number of allylic oxidation sites excluding steroid dienone is 1. The molecule has 1 heterocycles. The van der Waals surface area contributed by atoms with E-state index in [9.17, 15) is 0 Å². The minimum atomic E-state index is -1.50. The number of halogens is 1. The Bertz CT molecular complexity index is 534. The normalized spacial score (nSPS) is 10.1. The van der Waals surface area contributed by atoms with Crippen LogP contribution < -0.4 is 0 Å². The first-order chi connectivity index (χ1) is 9.58. The lowest BCUT2D eigenvalue weighted by Gasteiger charge is -1.98. The quantitative estimate of drug-likeness (QED) is 0.693. The summed E-state index contributed by atoms with van der Waals surface area (Å²) in [5, 5.41) is 14.4. The first-order valence-electron chi connectivity index (χ1n) is 5.79. The number of imidazole rings is 1. The Morgan fingerprint density at radius 2 is 2.05 bits per heavy atom. The van der Waals surface area contributed by atoms with Gasteiger partial charge in [0.15, 0.2) is 0 Å². The SMILES string of the molecule is Clc1ccc(CC/C=C\n2ccnc2)cc1.O=[N+]([O-])O. The number of aryl methyl sites for hydroxylation is 1. The largest absolute Gasteiger partial charge is 0.328 e. The van der Waals surface area contributed by atoms with Gasteiger partial charge in [-0.25, -0.2) is 4.98 Å². The van der Waals surface area contributed by atoms with Gasteiger partial charge in [-0.05, 0) is 30.5 Å². The summed E-state index contributed by atoms with van der Waals surface area (Å²) >= 11 is 5.82. The molecule has 1 aromatic carbocycles. The highest BCUT2D eigenvalue weighted by molar-refractivity contribution is 6.30. The molecule has 106 valence electrons. The van der Waals surface area contributed by atoms with Gasteiger partial charge in [0.05, 0.1) is 6.33 Å². The Balaban J connectivity index is 0.000000444. The summed E-state index contributed by atoms with van der Waals surface area (Å²) in [5.41, 5.74) is 1.31. The lowest BCUT2D eigenvalue weighted by Crippen LogP contribution is -1.83. The topological polar surface area (TPSA) is 81.2 Å². The van der Waals surface area contributed by atoms with E-state index in [4.69, 9.17) is 26.9 Å². The van der Waals surface area contributed by atoms with E-state index >= 15 is 0 Å². The van der Waals surface area contributed by atoms with E-state index in [2.05, 4.69) is 23.2 Å². The predicted octanol–water partition coefficient (Wildman–Crippen LogP) is 3.29. The zero-order chi connectivity index (χ0) is 14.8. The van der Waals surface area contributed by atoms with Crippen molar-refractivity contribution in [3.05, 3.63) is 69.8 Å². The molecule has 2 rings (SSSR count). The van der Waals surface area contributed by atoms with E-state index in [1.54, 1.807) is 12.5 Å². The fraction of sp³-hybridized carbons (Fsp3) is 0.154. The van der Waals surface area contributed by atoms with Crippen LogP contribution in [0.3, 0.4) is 0 Å². The third kappa shape index (κ3) is 7.17. The molecule has 0 amide bonds. The van der Waals surface area contributed by atoms with E-state index in [1.807, 2.05) is 29.1 Å². The van der Waals surface area contributed by atoms with Gasteiger partial charge in [0.1, 0.15) is 0 Å². The number of hydrogen-bond acceptors (Lipinski definition) is 3. The molecule has 0 saturated carbocycles. The molecule has 0 fully saturated rings. The zero-order valence-corrected chi connectivity index (χ0v) is 11.3. The number of rotatable bonds is 4. The maximum atomic E-state index is 8.36. The van der Waals surface area contributed by atoms with Crippen LogP contribution in [0.4, 0.5) is 0 Å². The summed E-state index contributed by atoms with van der Waals surface area (Å²) in [6.07, 6.45) is 11.7. The Kier molecular flexibility index (Phi) is 6.84. The predicted molar refractivity (Wildman–Crippen MR) is 76.1 cm³/mol. The maximum absolute atomic E-state index is 8.36. The highest BCUT2D eigenvalue weighted by Gasteiger charge is 1.91. The minimum absolute atomic E-state index is 0.790. The van der Waals surface area contributed by atoms with Crippen LogP contribution in [-0.4, -0.2) is 19.8 Å². The van der Waals surface area contributed by atoms with Crippen LogP contribution in [-0.2, 0) is 6.42 Å². The molecule has 0 aliphatic heterocycles. The van der Waals surface area contributed by atoms with Gasteiger partial charge in [-0.1, -0.05) is 29.8 Å². The van der Waals surface area contributed by atoms with Crippen molar-refractivity contribution in [1.29, 1.82) is 0 Å². The van der Waals surface area contributed by atoms with E-state index in [1.165, 1.54) is 5.56 Å². The summed E-state index contributed by atoms with van der Waals surface area (Å²) in [6, 6.07) is 7.98. The van der Waals surface area contributed by atoms with Crippen molar-refractivity contribution in [2.45, 2.75) is 12.8 Å². The lowest BCUT2D eigenvalue weighted by atomic mass is 10.1. The number of aromatic nitrogens is 2. The van der Waals surface area contributed by atoms with Crippen molar-refractivity contribution in [3.8, 4) is 0 Å². The molecule has 0 aliphatic carbocycles. The van der Waals surface area contributed by atoms with Crippen molar-refractivity contribution < 1.29 is 10.3 Å². The van der Waals surface area contributed by atoms with Gasteiger partial charge in [0, 0.05) is 23.6 Å². The molecule has 0 unspecified atom stereocenters. The fourth-order valence-electron chi connectivity index (χ4n) is 1.45. The van der Waals surface area contributed by atoms with Gasteiger partial charge < -0.3 is 9.77 Å². The van der Waals surface area contributed by atoms with Crippen LogP contribution >= 0.6 is 11.6 Å². The average molecular weight is 296 g/mol. The lowest BCUT2D eigenvalue weighted by molar-refractivity contribution is -0.742. The number of hydrogen-bond donors (Lipinski definition) is 1. The Labute approximate surface area is 121 Å². The maximum Gasteiger partial charge on any atom is 0.291 e. The molecule has 6 nitrogen and oxygen atoms in total. The molecule has 0 aliphatic rings. The standard InChI is InChI=1S/C13H13ClN2.HNO3/c14-13-6-4-12(5-7-13)3-1-2-9-16-10-8-15-11-16;2-1(3)4/h2,4-11H,1,3H2;(H,2,3,4)/b9-2-;. The van der Waals surface area contributed by atoms with Gasteiger partial charge in [0.2, 0.25) is 0 Å². The highest BCUT2D eigenvalue weighted by atomic mass is 35.5. The van der Waals surface area contributed by atoms with Crippen LogP contribution in [0.1, 0.15) is 12.0 Å². The van der Waals surface area contributed by atoms with Crippen molar-refractivity contribution in [3.63, 3.8) is 0 Å². The first kappa shape index (κ1) is 15.7. The van der Waals surface area contributed by atoms with E-state index in [0.717, 1.165) is 17.9 Å². The van der Waals surface area contributed by atoms with E-state index in [0.29, 0.717) is 0 Å². The molecule has 0 saturated heterocycles. The van der Waals surface area contributed by atoms with Gasteiger partial charge in [-0.15, -0.1) is 10.1 Å². The van der Waals surface area contributed by atoms with Crippen LogP contribution in [0.2, 0.25) is 5.02 Å². The molecular formula is C13H14ClN3O3. The first-order valence-corrected chi connectivity index (χ1v) is 6.17. The summed E-state index contributed by atoms with van der Waals surface area (Å²) in [4.78, 5) is 12.3. The fourth-order valence-corrected chi connectivity index (χ4v) is 1.58. The summed E-state index contributed by atoms with van der Waals surface area (Å²) in [6.45, 7) is 0. The molecular weight excluding hydrogens is 282 g/mol. The van der Waals surface area contributed by atoms with Crippen LogP contribution in [0.15, 0.2) is 49.1 Å². The van der Waals surface area contributed by atoms with Gasteiger partial charge >= 0.3 is 0 Å². The molecule has 0 bridgehead atoms. The van der Waals surface area contributed by atoms with Crippen molar-refractivity contribution in [2.75, 3.05) is 0 Å². The molecule has 0 spiro atoms. The molecule has 0 radical (unpaired) electrons. The summed E-state index contributed by atoms with van der Waals surface area (Å²) < 4.78 is 1.93. The van der Waals surface area contributed by atoms with Crippen molar-refractivity contribution in [2.24, 2.45) is 0 Å². The highest BCUT2D eigenvalue weighted by Crippen LogP contribution is 2.11. The third-order valence-corrected chi connectivity index (χ3v) is 2.57. The zero-order valence-electron chi connectivity index (χ0n) is 10.6. The van der Waals surface area contributed by atoms with E-state index < -0.39 is 5.09 Å². The second-order valence-corrected chi connectivity index (χ2v) is 4.23. The van der Waals surface area contributed by atoms with Crippen molar-refractivity contribution >= 4 is 17.8 Å². The monoisotopic (exact) mass is 295 g/mol. The molecule has 1 N–H and O–H groups in total.